The molecule has 1 saturated heterocycles. The number of ether oxygens (including phenoxy) is 2. The molecule has 1 atom stereocenters. The number of hydrogen-bond acceptors (Lipinski definition) is 3. The first-order valence-corrected chi connectivity index (χ1v) is 6.16. The molecule has 0 saturated carbocycles. The van der Waals surface area contributed by atoms with Crippen LogP contribution < -0.4 is 10.1 Å². The highest BCUT2D eigenvalue weighted by Crippen LogP contribution is 2.28. The predicted octanol–water partition coefficient (Wildman–Crippen LogP) is 3.06. The normalized spacial score (nSPS) is 20.3. The minimum absolute atomic E-state index is 0.0334. The molecule has 94 valence electrons. The second-order valence-electron chi connectivity index (χ2n) is 5.47. The maximum atomic E-state index is 5.96. The highest BCUT2D eigenvalue weighted by atomic mass is 16.5. The number of anilines is 1. The zero-order valence-corrected chi connectivity index (χ0v) is 10.8. The number of nitrogens with one attached hydrogen (secondary N) is 1. The Balaban J connectivity index is 2.09. The largest absolute Gasteiger partial charge is 0.486 e. The fourth-order valence-corrected chi connectivity index (χ4v) is 1.86. The van der Waals surface area contributed by atoms with Gasteiger partial charge in [0.1, 0.15) is 11.9 Å². The molecule has 1 N–H and O–H groups in total. The Kier molecular flexibility index (Phi) is 3.57. The molecule has 1 aliphatic rings. The van der Waals surface area contributed by atoms with Crippen molar-refractivity contribution in [2.45, 2.75) is 38.8 Å². The second kappa shape index (κ2) is 4.96. The molecule has 3 nitrogen and oxygen atoms in total. The van der Waals surface area contributed by atoms with E-state index >= 15 is 0 Å². The van der Waals surface area contributed by atoms with E-state index in [1.54, 1.807) is 0 Å². The number of para-hydroxylation sites is 2. The molecule has 3 heteroatoms. The van der Waals surface area contributed by atoms with E-state index in [0.29, 0.717) is 6.61 Å². The van der Waals surface area contributed by atoms with Gasteiger partial charge in [-0.15, -0.1) is 0 Å². The van der Waals surface area contributed by atoms with Crippen molar-refractivity contribution < 1.29 is 9.47 Å². The lowest BCUT2D eigenvalue weighted by atomic mass is 10.1. The van der Waals surface area contributed by atoms with Gasteiger partial charge in [-0.25, -0.2) is 0 Å². The molecular weight excluding hydrogens is 214 g/mol. The molecule has 2 rings (SSSR count). The third kappa shape index (κ3) is 3.63. The van der Waals surface area contributed by atoms with Gasteiger partial charge in [-0.05, 0) is 32.9 Å². The van der Waals surface area contributed by atoms with E-state index in [-0.39, 0.29) is 11.6 Å². The van der Waals surface area contributed by atoms with E-state index in [1.807, 2.05) is 18.2 Å². The summed E-state index contributed by atoms with van der Waals surface area (Å²) in [5, 5.41) is 3.46. The third-order valence-corrected chi connectivity index (χ3v) is 2.58. The van der Waals surface area contributed by atoms with Gasteiger partial charge in [-0.3, -0.25) is 0 Å². The molecule has 0 amide bonds. The lowest BCUT2D eigenvalue weighted by Gasteiger charge is -2.25. The Morgan fingerprint density at radius 2 is 2.06 bits per heavy atom. The molecule has 0 bridgehead atoms. The Morgan fingerprint density at radius 1 is 1.29 bits per heavy atom. The quantitative estimate of drug-likeness (QED) is 0.873. The van der Waals surface area contributed by atoms with E-state index < -0.39 is 0 Å². The highest BCUT2D eigenvalue weighted by Gasteiger charge is 2.19. The van der Waals surface area contributed by atoms with Crippen molar-refractivity contribution in [3.05, 3.63) is 24.3 Å². The number of rotatable bonds is 3. The fraction of sp³-hybridized carbons (Fsp3) is 0.571. The minimum Gasteiger partial charge on any atom is -0.486 e. The van der Waals surface area contributed by atoms with Gasteiger partial charge in [-0.2, -0.15) is 0 Å². The van der Waals surface area contributed by atoms with Gasteiger partial charge in [0.2, 0.25) is 0 Å². The summed E-state index contributed by atoms with van der Waals surface area (Å²) >= 11 is 0. The standard InChI is InChI=1S/C14H21NO2/c1-14(2,3)15-12-6-4-5-7-13(12)17-11-8-9-16-10-11/h4-7,11,15H,8-10H2,1-3H3. The molecule has 1 aliphatic heterocycles. The van der Waals surface area contributed by atoms with E-state index in [4.69, 9.17) is 9.47 Å². The maximum absolute atomic E-state index is 5.96. The van der Waals surface area contributed by atoms with E-state index in [1.165, 1.54) is 0 Å². The average Bonchev–Trinajstić information content (AvgIpc) is 2.71. The van der Waals surface area contributed by atoms with Gasteiger partial charge in [0, 0.05) is 12.0 Å². The Bertz CT molecular complexity index is 365. The van der Waals surface area contributed by atoms with Gasteiger partial charge in [0.15, 0.2) is 0 Å². The molecule has 0 aliphatic carbocycles. The Labute approximate surface area is 103 Å². The van der Waals surface area contributed by atoms with Crippen molar-refractivity contribution in [1.82, 2.24) is 0 Å². The van der Waals surface area contributed by atoms with Crippen LogP contribution in [0, 0.1) is 0 Å². The molecule has 1 unspecified atom stereocenters. The molecule has 17 heavy (non-hydrogen) atoms. The van der Waals surface area contributed by atoms with Crippen LogP contribution in [0.2, 0.25) is 0 Å². The van der Waals surface area contributed by atoms with E-state index in [9.17, 15) is 0 Å². The summed E-state index contributed by atoms with van der Waals surface area (Å²) in [6, 6.07) is 8.08. The van der Waals surface area contributed by atoms with Crippen molar-refractivity contribution in [1.29, 1.82) is 0 Å². The van der Waals surface area contributed by atoms with Crippen LogP contribution in [0.4, 0.5) is 5.69 Å². The summed E-state index contributed by atoms with van der Waals surface area (Å²) < 4.78 is 11.3. The summed E-state index contributed by atoms with van der Waals surface area (Å²) in [5.74, 6) is 0.915. The molecule has 1 aromatic carbocycles. The van der Waals surface area contributed by atoms with Crippen LogP contribution >= 0.6 is 0 Å². The number of hydrogen-bond donors (Lipinski definition) is 1. The zero-order valence-electron chi connectivity index (χ0n) is 10.8. The summed E-state index contributed by atoms with van der Waals surface area (Å²) in [7, 11) is 0. The molecule has 0 aromatic heterocycles. The smallest absolute Gasteiger partial charge is 0.142 e. The van der Waals surface area contributed by atoms with Crippen LogP contribution in [0.5, 0.6) is 5.75 Å². The van der Waals surface area contributed by atoms with Crippen LogP contribution in [0.3, 0.4) is 0 Å². The molecule has 1 heterocycles. The van der Waals surface area contributed by atoms with Crippen molar-refractivity contribution in [3.8, 4) is 5.75 Å². The van der Waals surface area contributed by atoms with E-state index in [2.05, 4.69) is 32.2 Å². The molecule has 0 radical (unpaired) electrons. The second-order valence-corrected chi connectivity index (χ2v) is 5.47. The molecular formula is C14H21NO2. The fourth-order valence-electron chi connectivity index (χ4n) is 1.86. The molecule has 1 aromatic rings. The summed E-state index contributed by atoms with van der Waals surface area (Å²) in [6.07, 6.45) is 1.17. The maximum Gasteiger partial charge on any atom is 0.142 e. The van der Waals surface area contributed by atoms with Crippen LogP contribution in [-0.4, -0.2) is 24.9 Å². The first-order valence-electron chi connectivity index (χ1n) is 6.16. The lowest BCUT2D eigenvalue weighted by Crippen LogP contribution is -2.27. The molecule has 1 fully saturated rings. The number of benzene rings is 1. The predicted molar refractivity (Wildman–Crippen MR) is 69.7 cm³/mol. The topological polar surface area (TPSA) is 30.5 Å². The first kappa shape index (κ1) is 12.2. The van der Waals surface area contributed by atoms with Crippen LogP contribution in [0.15, 0.2) is 24.3 Å². The van der Waals surface area contributed by atoms with Crippen LogP contribution in [0.1, 0.15) is 27.2 Å². The molecule has 0 spiro atoms. The SMILES string of the molecule is CC(C)(C)Nc1ccccc1OC1CCOC1. The van der Waals surface area contributed by atoms with Crippen molar-refractivity contribution in [2.24, 2.45) is 0 Å². The summed E-state index contributed by atoms with van der Waals surface area (Å²) in [5.41, 5.74) is 1.08. The Hall–Kier alpha value is -1.22. The van der Waals surface area contributed by atoms with Crippen LogP contribution in [0.25, 0.3) is 0 Å². The Morgan fingerprint density at radius 3 is 2.71 bits per heavy atom. The van der Waals surface area contributed by atoms with Gasteiger partial charge >= 0.3 is 0 Å². The van der Waals surface area contributed by atoms with Gasteiger partial charge in [0.05, 0.1) is 18.9 Å². The minimum atomic E-state index is 0.0334. The summed E-state index contributed by atoms with van der Waals surface area (Å²) in [6.45, 7) is 7.93. The van der Waals surface area contributed by atoms with Crippen molar-refractivity contribution >= 4 is 5.69 Å². The first-order chi connectivity index (χ1) is 8.04. The lowest BCUT2D eigenvalue weighted by molar-refractivity contribution is 0.141. The zero-order chi connectivity index (χ0) is 12.3. The van der Waals surface area contributed by atoms with Crippen molar-refractivity contribution in [2.75, 3.05) is 18.5 Å². The highest BCUT2D eigenvalue weighted by molar-refractivity contribution is 5.57. The van der Waals surface area contributed by atoms with Gasteiger partial charge < -0.3 is 14.8 Å². The van der Waals surface area contributed by atoms with Crippen molar-refractivity contribution in [3.63, 3.8) is 0 Å². The van der Waals surface area contributed by atoms with Gasteiger partial charge in [-0.1, -0.05) is 12.1 Å². The van der Waals surface area contributed by atoms with Gasteiger partial charge in [0.25, 0.3) is 0 Å². The average molecular weight is 235 g/mol. The summed E-state index contributed by atoms with van der Waals surface area (Å²) in [4.78, 5) is 0. The van der Waals surface area contributed by atoms with E-state index in [0.717, 1.165) is 24.5 Å². The third-order valence-electron chi connectivity index (χ3n) is 2.58. The monoisotopic (exact) mass is 235 g/mol. The van der Waals surface area contributed by atoms with Crippen LogP contribution in [-0.2, 0) is 4.74 Å².